The molecule has 0 rings (SSSR count). The van der Waals surface area contributed by atoms with Gasteiger partial charge in [-0.15, -0.1) is 0 Å². The van der Waals surface area contributed by atoms with Gasteiger partial charge < -0.3 is 0 Å². The second kappa shape index (κ2) is 5.69. The van der Waals surface area contributed by atoms with E-state index >= 15 is 0 Å². The molecule has 0 aliphatic carbocycles. The van der Waals surface area contributed by atoms with Crippen LogP contribution in [0.3, 0.4) is 0 Å². The monoisotopic (exact) mass is 189 g/mol. The average molecular weight is 189 g/mol. The summed E-state index contributed by atoms with van der Waals surface area (Å²) in [7, 11) is 5.16. The van der Waals surface area contributed by atoms with E-state index in [0.29, 0.717) is 5.92 Å². The summed E-state index contributed by atoms with van der Waals surface area (Å²) in [6.45, 7) is 5.48. The minimum atomic E-state index is -0.0313. The first-order valence-corrected chi connectivity index (χ1v) is 6.14. The zero-order valence-corrected chi connectivity index (χ0v) is 11.0. The molecule has 74 valence electrons. The van der Waals surface area contributed by atoms with Crippen LogP contribution in [0.25, 0.3) is 0 Å². The van der Waals surface area contributed by atoms with E-state index in [4.69, 9.17) is 0 Å². The van der Waals surface area contributed by atoms with Gasteiger partial charge >= 0.3 is 0 Å². The number of hydrogen-bond donors (Lipinski definition) is 3. The standard InChI is InChI=1S/C8H23N3Si/c1-7(2)5-11-8(6-12,9-3)10-4/h7,9-11H,5-6H2,1-4,12H3. The van der Waals surface area contributed by atoms with Gasteiger partial charge in [0, 0.05) is 16.8 Å². The highest BCUT2D eigenvalue weighted by atomic mass is 28.1. The number of hydrogen-bond acceptors (Lipinski definition) is 3. The van der Waals surface area contributed by atoms with Crippen molar-refractivity contribution in [2.24, 2.45) is 5.92 Å². The maximum Gasteiger partial charge on any atom is 0.119 e. The lowest BCUT2D eigenvalue weighted by atomic mass is 10.2. The topological polar surface area (TPSA) is 36.1 Å². The van der Waals surface area contributed by atoms with Crippen LogP contribution in [-0.2, 0) is 0 Å². The number of rotatable bonds is 6. The Morgan fingerprint density at radius 3 is 2.00 bits per heavy atom. The molecule has 0 aromatic rings. The zero-order valence-electron chi connectivity index (χ0n) is 8.99. The molecule has 0 aromatic carbocycles. The Morgan fingerprint density at radius 1 is 1.25 bits per heavy atom. The summed E-state index contributed by atoms with van der Waals surface area (Å²) in [5, 5.41) is 10.1. The van der Waals surface area contributed by atoms with Crippen molar-refractivity contribution < 1.29 is 0 Å². The first-order chi connectivity index (χ1) is 5.60. The summed E-state index contributed by atoms with van der Waals surface area (Å²) >= 11 is 0. The highest BCUT2D eigenvalue weighted by Crippen LogP contribution is 2.00. The van der Waals surface area contributed by atoms with Gasteiger partial charge in [-0.05, 0) is 26.1 Å². The van der Waals surface area contributed by atoms with Gasteiger partial charge in [0.25, 0.3) is 0 Å². The van der Waals surface area contributed by atoms with Crippen molar-refractivity contribution in [3.8, 4) is 0 Å². The van der Waals surface area contributed by atoms with Crippen molar-refractivity contribution in [1.29, 1.82) is 0 Å². The molecule has 12 heavy (non-hydrogen) atoms. The quantitative estimate of drug-likeness (QED) is 0.375. The average Bonchev–Trinajstić information content (AvgIpc) is 2.08. The third-order valence-corrected chi connectivity index (χ3v) is 3.26. The molecule has 3 nitrogen and oxygen atoms in total. The minimum absolute atomic E-state index is 0.0313. The second-order valence-electron chi connectivity index (χ2n) is 3.53. The van der Waals surface area contributed by atoms with Gasteiger partial charge in [-0.1, -0.05) is 13.8 Å². The summed E-state index contributed by atoms with van der Waals surface area (Å²) in [4.78, 5) is 0. The lowest BCUT2D eigenvalue weighted by Gasteiger charge is -2.34. The summed E-state index contributed by atoms with van der Waals surface area (Å²) in [6.07, 6.45) is 0. The molecule has 0 saturated heterocycles. The van der Waals surface area contributed by atoms with Crippen molar-refractivity contribution in [2.75, 3.05) is 20.6 Å². The van der Waals surface area contributed by atoms with Gasteiger partial charge in [0.15, 0.2) is 0 Å². The molecular formula is C8H23N3Si. The molecule has 0 aromatic heterocycles. The van der Waals surface area contributed by atoms with Crippen LogP contribution in [0.5, 0.6) is 0 Å². The molecule has 0 radical (unpaired) electrons. The van der Waals surface area contributed by atoms with Crippen molar-refractivity contribution in [2.45, 2.75) is 25.7 Å². The SMILES string of the molecule is CNC(C[SiH3])(NC)NCC(C)C. The fourth-order valence-electron chi connectivity index (χ4n) is 1.16. The lowest BCUT2D eigenvalue weighted by Crippen LogP contribution is -2.64. The van der Waals surface area contributed by atoms with E-state index in [1.54, 1.807) is 0 Å². The molecule has 0 saturated carbocycles. The zero-order chi connectivity index (χ0) is 9.61. The molecule has 3 N–H and O–H groups in total. The predicted octanol–water partition coefficient (Wildman–Crippen LogP) is -0.892. The number of nitrogens with one attached hydrogen (secondary N) is 3. The lowest BCUT2D eigenvalue weighted by molar-refractivity contribution is 0.246. The van der Waals surface area contributed by atoms with Gasteiger partial charge in [-0.25, -0.2) is 0 Å². The highest BCUT2D eigenvalue weighted by Gasteiger charge is 2.21. The van der Waals surface area contributed by atoms with Crippen LogP contribution in [0.15, 0.2) is 0 Å². The Labute approximate surface area is 79.1 Å². The molecule has 0 aliphatic rings. The van der Waals surface area contributed by atoms with Crippen molar-refractivity contribution >= 4 is 10.2 Å². The van der Waals surface area contributed by atoms with E-state index in [1.807, 2.05) is 14.1 Å². The van der Waals surface area contributed by atoms with E-state index < -0.39 is 0 Å². The first kappa shape index (κ1) is 12.1. The summed E-state index contributed by atoms with van der Waals surface area (Å²) < 4.78 is 0. The summed E-state index contributed by atoms with van der Waals surface area (Å²) in [5.74, 6) is 0.663. The molecule has 4 heteroatoms. The molecule has 0 fully saturated rings. The molecular weight excluding hydrogens is 166 g/mol. The van der Waals surface area contributed by atoms with Crippen LogP contribution in [0.1, 0.15) is 13.8 Å². The molecule has 0 unspecified atom stereocenters. The van der Waals surface area contributed by atoms with Crippen molar-refractivity contribution in [3.05, 3.63) is 0 Å². The Kier molecular flexibility index (Phi) is 5.74. The molecule has 0 amide bonds. The van der Waals surface area contributed by atoms with Crippen LogP contribution >= 0.6 is 0 Å². The first-order valence-electron chi connectivity index (χ1n) is 4.73. The maximum absolute atomic E-state index is 3.49. The van der Waals surface area contributed by atoms with Crippen molar-refractivity contribution in [3.63, 3.8) is 0 Å². The summed E-state index contributed by atoms with van der Waals surface area (Å²) in [6, 6.07) is 1.16. The molecule has 0 aliphatic heterocycles. The Balaban J connectivity index is 3.93. The fourth-order valence-corrected chi connectivity index (χ4v) is 2.12. The van der Waals surface area contributed by atoms with E-state index in [-0.39, 0.29) is 5.79 Å². The van der Waals surface area contributed by atoms with E-state index in [0.717, 1.165) is 12.6 Å². The van der Waals surface area contributed by atoms with E-state index in [2.05, 4.69) is 29.8 Å². The van der Waals surface area contributed by atoms with Gasteiger partial charge in [0.2, 0.25) is 0 Å². The molecule has 0 heterocycles. The highest BCUT2D eigenvalue weighted by molar-refractivity contribution is 6.09. The smallest absolute Gasteiger partial charge is 0.119 e. The van der Waals surface area contributed by atoms with Gasteiger partial charge in [0.05, 0.1) is 0 Å². The second-order valence-corrected chi connectivity index (χ2v) is 4.24. The van der Waals surface area contributed by atoms with Gasteiger partial charge in [-0.3, -0.25) is 16.0 Å². The largest absolute Gasteiger partial charge is 0.290 e. The van der Waals surface area contributed by atoms with Crippen LogP contribution in [0, 0.1) is 5.92 Å². The van der Waals surface area contributed by atoms with E-state index in [1.165, 1.54) is 10.2 Å². The third kappa shape index (κ3) is 3.67. The summed E-state index contributed by atoms with van der Waals surface area (Å²) in [5.41, 5.74) is 0. The molecule has 0 bridgehead atoms. The van der Waals surface area contributed by atoms with Crippen LogP contribution in [0.4, 0.5) is 0 Å². The Morgan fingerprint density at radius 2 is 1.75 bits per heavy atom. The van der Waals surface area contributed by atoms with Crippen molar-refractivity contribution in [1.82, 2.24) is 16.0 Å². The maximum atomic E-state index is 3.49. The predicted molar refractivity (Wildman–Crippen MR) is 58.4 cm³/mol. The van der Waals surface area contributed by atoms with E-state index in [9.17, 15) is 0 Å². The Bertz CT molecular complexity index is 105. The normalized spacial score (nSPS) is 12.8. The van der Waals surface area contributed by atoms with Gasteiger partial charge in [0.1, 0.15) is 5.79 Å². The molecule has 0 spiro atoms. The van der Waals surface area contributed by atoms with Crippen LogP contribution in [0.2, 0.25) is 6.04 Å². The van der Waals surface area contributed by atoms with Crippen LogP contribution in [-0.4, -0.2) is 36.7 Å². The Hall–Kier alpha value is 0.0969. The van der Waals surface area contributed by atoms with Gasteiger partial charge in [-0.2, -0.15) is 0 Å². The minimum Gasteiger partial charge on any atom is -0.290 e. The molecule has 0 atom stereocenters. The third-order valence-electron chi connectivity index (χ3n) is 2.20. The van der Waals surface area contributed by atoms with Crippen LogP contribution < -0.4 is 16.0 Å². The fraction of sp³-hybridized carbons (Fsp3) is 1.00.